The van der Waals surface area contributed by atoms with Gasteiger partial charge in [-0.1, -0.05) is 13.0 Å². The number of amides is 1. The molecule has 4 nitrogen and oxygen atoms in total. The van der Waals surface area contributed by atoms with Gasteiger partial charge in [-0.3, -0.25) is 9.59 Å². The number of thiophene rings is 1. The standard InChI is InChI=1S/C16H23NO3S/c1-2-16(15(19)20)8-10-17(11-9-16)14(18)7-3-5-13-6-4-12-21-13/h4,6,12H,2-3,5,7-11H2,1H3,(H,19,20). The Hall–Kier alpha value is -1.36. The first-order valence-electron chi connectivity index (χ1n) is 7.61. The van der Waals surface area contributed by atoms with Crippen LogP contribution in [0, 0.1) is 5.41 Å². The maximum Gasteiger partial charge on any atom is 0.309 e. The van der Waals surface area contributed by atoms with Crippen LogP contribution in [0.2, 0.25) is 0 Å². The fourth-order valence-corrected chi connectivity index (χ4v) is 3.68. The van der Waals surface area contributed by atoms with Crippen molar-refractivity contribution in [3.05, 3.63) is 22.4 Å². The van der Waals surface area contributed by atoms with E-state index in [9.17, 15) is 14.7 Å². The molecule has 0 aliphatic carbocycles. The van der Waals surface area contributed by atoms with Crippen molar-refractivity contribution in [2.24, 2.45) is 5.41 Å². The van der Waals surface area contributed by atoms with Crippen LogP contribution in [-0.4, -0.2) is 35.0 Å². The average Bonchev–Trinajstić information content (AvgIpc) is 3.00. The number of hydrogen-bond donors (Lipinski definition) is 1. The Labute approximate surface area is 129 Å². The number of carbonyl (C=O) groups excluding carboxylic acids is 1. The van der Waals surface area contributed by atoms with Crippen LogP contribution in [0.4, 0.5) is 0 Å². The van der Waals surface area contributed by atoms with E-state index in [0.717, 1.165) is 12.8 Å². The van der Waals surface area contributed by atoms with Gasteiger partial charge in [0, 0.05) is 24.4 Å². The number of rotatable bonds is 6. The summed E-state index contributed by atoms with van der Waals surface area (Å²) < 4.78 is 0. The molecular formula is C16H23NO3S. The van der Waals surface area contributed by atoms with Crippen molar-refractivity contribution in [3.63, 3.8) is 0 Å². The van der Waals surface area contributed by atoms with Crippen molar-refractivity contribution in [1.29, 1.82) is 0 Å². The highest BCUT2D eigenvalue weighted by atomic mass is 32.1. The summed E-state index contributed by atoms with van der Waals surface area (Å²) in [7, 11) is 0. The minimum absolute atomic E-state index is 0.168. The summed E-state index contributed by atoms with van der Waals surface area (Å²) in [5.74, 6) is -0.545. The van der Waals surface area contributed by atoms with Gasteiger partial charge < -0.3 is 10.0 Å². The van der Waals surface area contributed by atoms with Gasteiger partial charge in [-0.05, 0) is 43.6 Å². The van der Waals surface area contributed by atoms with Crippen LogP contribution >= 0.6 is 11.3 Å². The average molecular weight is 309 g/mol. The normalized spacial score (nSPS) is 17.7. The van der Waals surface area contributed by atoms with E-state index in [0.29, 0.717) is 38.8 Å². The molecule has 5 heteroatoms. The molecule has 0 bridgehead atoms. The molecule has 2 rings (SSSR count). The Balaban J connectivity index is 1.76. The van der Waals surface area contributed by atoms with Gasteiger partial charge in [-0.2, -0.15) is 0 Å². The second-order valence-corrected chi connectivity index (χ2v) is 6.78. The zero-order valence-corrected chi connectivity index (χ0v) is 13.3. The predicted molar refractivity (Wildman–Crippen MR) is 83.4 cm³/mol. The maximum atomic E-state index is 12.2. The van der Waals surface area contributed by atoms with Gasteiger partial charge in [-0.25, -0.2) is 0 Å². The molecule has 1 N–H and O–H groups in total. The van der Waals surface area contributed by atoms with E-state index in [-0.39, 0.29) is 5.91 Å². The number of hydrogen-bond acceptors (Lipinski definition) is 3. The van der Waals surface area contributed by atoms with E-state index in [1.165, 1.54) is 4.88 Å². The minimum atomic E-state index is -0.713. The summed E-state index contributed by atoms with van der Waals surface area (Å²) in [4.78, 5) is 26.7. The maximum absolute atomic E-state index is 12.2. The van der Waals surface area contributed by atoms with Crippen molar-refractivity contribution in [1.82, 2.24) is 4.90 Å². The van der Waals surface area contributed by atoms with Gasteiger partial charge >= 0.3 is 5.97 Å². The van der Waals surface area contributed by atoms with E-state index >= 15 is 0 Å². The van der Waals surface area contributed by atoms with Crippen LogP contribution in [0.25, 0.3) is 0 Å². The van der Waals surface area contributed by atoms with Crippen LogP contribution < -0.4 is 0 Å². The van der Waals surface area contributed by atoms with E-state index in [2.05, 4.69) is 11.4 Å². The molecule has 0 saturated carbocycles. The molecule has 1 aromatic heterocycles. The zero-order chi connectivity index (χ0) is 15.3. The lowest BCUT2D eigenvalue weighted by atomic mass is 9.76. The molecule has 1 aliphatic heterocycles. The van der Waals surface area contributed by atoms with Gasteiger partial charge in [0.1, 0.15) is 0 Å². The summed E-state index contributed by atoms with van der Waals surface area (Å²) in [6.07, 6.45) is 4.18. The second-order valence-electron chi connectivity index (χ2n) is 5.75. The van der Waals surface area contributed by atoms with Gasteiger partial charge in [-0.15, -0.1) is 11.3 Å². The second kappa shape index (κ2) is 7.07. The molecule has 0 unspecified atom stereocenters. The molecule has 0 spiro atoms. The predicted octanol–water partition coefficient (Wildman–Crippen LogP) is 3.17. The third kappa shape index (κ3) is 3.84. The Kier molecular flexibility index (Phi) is 5.39. The first-order valence-corrected chi connectivity index (χ1v) is 8.49. The molecule has 1 fully saturated rings. The first kappa shape index (κ1) is 16.0. The monoisotopic (exact) mass is 309 g/mol. The quantitative estimate of drug-likeness (QED) is 0.878. The van der Waals surface area contributed by atoms with Crippen LogP contribution in [-0.2, 0) is 16.0 Å². The van der Waals surface area contributed by atoms with E-state index in [1.807, 2.05) is 17.9 Å². The fraction of sp³-hybridized carbons (Fsp3) is 0.625. The smallest absolute Gasteiger partial charge is 0.309 e. The number of likely N-dealkylation sites (tertiary alicyclic amines) is 1. The lowest BCUT2D eigenvalue weighted by molar-refractivity contribution is -0.154. The first-order chi connectivity index (χ1) is 10.1. The molecule has 1 amide bonds. The fourth-order valence-electron chi connectivity index (χ4n) is 2.93. The summed E-state index contributed by atoms with van der Waals surface area (Å²) in [6.45, 7) is 3.09. The van der Waals surface area contributed by atoms with E-state index in [4.69, 9.17) is 0 Å². The number of carboxylic acid groups (broad SMARTS) is 1. The third-order valence-corrected chi connectivity index (χ3v) is 5.53. The molecule has 1 aromatic rings. The van der Waals surface area contributed by atoms with Crippen molar-refractivity contribution in [2.75, 3.05) is 13.1 Å². The number of aliphatic carboxylic acids is 1. The Morgan fingerprint density at radius 2 is 2.10 bits per heavy atom. The lowest BCUT2D eigenvalue weighted by Gasteiger charge is -2.38. The summed E-state index contributed by atoms with van der Waals surface area (Å²) in [6, 6.07) is 4.13. The van der Waals surface area contributed by atoms with Crippen molar-refractivity contribution in [2.45, 2.75) is 45.4 Å². The highest BCUT2D eigenvalue weighted by Gasteiger charge is 2.40. The van der Waals surface area contributed by atoms with Crippen LogP contribution in [0.1, 0.15) is 43.9 Å². The summed E-state index contributed by atoms with van der Waals surface area (Å²) in [5, 5.41) is 11.4. The van der Waals surface area contributed by atoms with E-state index in [1.54, 1.807) is 11.3 Å². The van der Waals surface area contributed by atoms with Crippen LogP contribution in [0.15, 0.2) is 17.5 Å². The molecule has 116 valence electrons. The van der Waals surface area contributed by atoms with Crippen LogP contribution in [0.3, 0.4) is 0 Å². The van der Waals surface area contributed by atoms with Gasteiger partial charge in [0.05, 0.1) is 5.41 Å². The lowest BCUT2D eigenvalue weighted by Crippen LogP contribution is -2.46. The van der Waals surface area contributed by atoms with Gasteiger partial charge in [0.15, 0.2) is 0 Å². The molecule has 2 heterocycles. The van der Waals surface area contributed by atoms with Crippen molar-refractivity contribution in [3.8, 4) is 0 Å². The van der Waals surface area contributed by atoms with Crippen molar-refractivity contribution < 1.29 is 14.7 Å². The Bertz CT molecular complexity index is 476. The summed E-state index contributed by atoms with van der Waals surface area (Å²) in [5.41, 5.74) is -0.617. The highest BCUT2D eigenvalue weighted by molar-refractivity contribution is 7.09. The minimum Gasteiger partial charge on any atom is -0.481 e. The topological polar surface area (TPSA) is 57.6 Å². The highest BCUT2D eigenvalue weighted by Crippen LogP contribution is 2.35. The Morgan fingerprint density at radius 3 is 2.62 bits per heavy atom. The zero-order valence-electron chi connectivity index (χ0n) is 12.5. The molecule has 0 atom stereocenters. The molecule has 1 aliphatic rings. The molecule has 0 aromatic carbocycles. The SMILES string of the molecule is CCC1(C(=O)O)CCN(C(=O)CCCc2cccs2)CC1. The molecule has 1 saturated heterocycles. The van der Waals surface area contributed by atoms with Crippen LogP contribution in [0.5, 0.6) is 0 Å². The number of carboxylic acids is 1. The number of nitrogens with zero attached hydrogens (tertiary/aromatic N) is 1. The van der Waals surface area contributed by atoms with Gasteiger partial charge in [0.2, 0.25) is 5.91 Å². The number of aryl methyl sites for hydroxylation is 1. The molecule has 0 radical (unpaired) electrons. The van der Waals surface area contributed by atoms with Gasteiger partial charge in [0.25, 0.3) is 0 Å². The number of piperidine rings is 1. The van der Waals surface area contributed by atoms with E-state index < -0.39 is 11.4 Å². The third-order valence-electron chi connectivity index (χ3n) is 4.60. The number of carbonyl (C=O) groups is 2. The van der Waals surface area contributed by atoms with Crippen molar-refractivity contribution >= 4 is 23.2 Å². The Morgan fingerprint density at radius 1 is 1.38 bits per heavy atom. The summed E-state index contributed by atoms with van der Waals surface area (Å²) >= 11 is 1.73. The molecule has 21 heavy (non-hydrogen) atoms. The molecular weight excluding hydrogens is 286 g/mol. The largest absolute Gasteiger partial charge is 0.481 e.